The van der Waals surface area contributed by atoms with Crippen LogP contribution >= 0.6 is 0 Å². The Morgan fingerprint density at radius 1 is 1.00 bits per heavy atom. The molecule has 0 aliphatic carbocycles. The van der Waals surface area contributed by atoms with Crippen LogP contribution in [0.3, 0.4) is 0 Å². The molecule has 0 bridgehead atoms. The summed E-state index contributed by atoms with van der Waals surface area (Å²) in [6.45, 7) is 3.96. The van der Waals surface area contributed by atoms with E-state index in [0.717, 1.165) is 42.6 Å². The maximum absolute atomic E-state index is 12.5. The lowest BCUT2D eigenvalue weighted by Gasteiger charge is -2.25. The van der Waals surface area contributed by atoms with Crippen molar-refractivity contribution in [2.24, 2.45) is 14.1 Å². The van der Waals surface area contributed by atoms with E-state index in [2.05, 4.69) is 20.0 Å². The molecule has 0 saturated carbocycles. The second-order valence-electron chi connectivity index (χ2n) is 8.03. The molecule has 0 amide bonds. The van der Waals surface area contributed by atoms with E-state index >= 15 is 0 Å². The predicted octanol–water partition coefficient (Wildman–Crippen LogP) is 0.868. The van der Waals surface area contributed by atoms with Crippen molar-refractivity contribution in [3.8, 4) is 0 Å². The maximum Gasteiger partial charge on any atom is 0.332 e. The molecule has 1 aliphatic rings. The smallest absolute Gasteiger partial charge is 0.332 e. The van der Waals surface area contributed by atoms with Crippen molar-refractivity contribution in [2.45, 2.75) is 51.5 Å². The molecule has 10 nitrogen and oxygen atoms in total. The first kappa shape index (κ1) is 20.5. The van der Waals surface area contributed by atoms with Crippen LogP contribution in [-0.2, 0) is 33.5 Å². The Morgan fingerprint density at radius 3 is 2.60 bits per heavy atom. The first-order valence-corrected chi connectivity index (χ1v) is 10.7. The molecule has 162 valence electrons. The van der Waals surface area contributed by atoms with Gasteiger partial charge in [-0.3, -0.25) is 13.9 Å². The van der Waals surface area contributed by atoms with Gasteiger partial charge in [0.1, 0.15) is 0 Å². The lowest BCUT2D eigenvalue weighted by atomic mass is 10.1. The Hall–Kier alpha value is -2.75. The molecular weight excluding hydrogens is 386 g/mol. The quantitative estimate of drug-likeness (QED) is 0.503. The van der Waals surface area contributed by atoms with Crippen LogP contribution in [0.25, 0.3) is 11.2 Å². The van der Waals surface area contributed by atoms with Gasteiger partial charge < -0.3 is 14.0 Å². The summed E-state index contributed by atoms with van der Waals surface area (Å²) in [5, 5.41) is 4.10. The summed E-state index contributed by atoms with van der Waals surface area (Å²) in [5.74, 6) is 1.44. The zero-order valence-electron chi connectivity index (χ0n) is 17.7. The number of aryl methyl sites for hydroxylation is 3. The summed E-state index contributed by atoms with van der Waals surface area (Å²) < 4.78 is 9.72. The van der Waals surface area contributed by atoms with Crippen LogP contribution in [0.1, 0.15) is 43.8 Å². The van der Waals surface area contributed by atoms with E-state index in [1.165, 1.54) is 44.0 Å². The lowest BCUT2D eigenvalue weighted by Crippen LogP contribution is -2.37. The number of hydrogen-bond acceptors (Lipinski definition) is 7. The Kier molecular flexibility index (Phi) is 6.12. The molecular formula is C20H29N7O3. The second-order valence-corrected chi connectivity index (χ2v) is 8.03. The molecule has 4 heterocycles. The Bertz CT molecular complexity index is 1120. The summed E-state index contributed by atoms with van der Waals surface area (Å²) >= 11 is 0. The van der Waals surface area contributed by atoms with Gasteiger partial charge in [-0.05, 0) is 38.8 Å². The molecule has 30 heavy (non-hydrogen) atoms. The first-order chi connectivity index (χ1) is 14.5. The highest BCUT2D eigenvalue weighted by molar-refractivity contribution is 5.69. The largest absolute Gasteiger partial charge is 0.339 e. The van der Waals surface area contributed by atoms with Crippen molar-refractivity contribution in [1.29, 1.82) is 0 Å². The van der Waals surface area contributed by atoms with Crippen molar-refractivity contribution in [3.05, 3.63) is 38.9 Å². The summed E-state index contributed by atoms with van der Waals surface area (Å²) in [6, 6.07) is 0. The molecule has 0 radical (unpaired) electrons. The third kappa shape index (κ3) is 4.23. The molecule has 4 rings (SSSR count). The number of piperidine rings is 1. The number of imidazole rings is 1. The summed E-state index contributed by atoms with van der Waals surface area (Å²) in [7, 11) is 3.11. The highest BCUT2D eigenvalue weighted by Crippen LogP contribution is 2.11. The van der Waals surface area contributed by atoms with Gasteiger partial charge in [0.15, 0.2) is 17.0 Å². The molecule has 1 fully saturated rings. The molecule has 1 aliphatic heterocycles. The summed E-state index contributed by atoms with van der Waals surface area (Å²) in [6.07, 6.45) is 8.77. The zero-order valence-corrected chi connectivity index (χ0v) is 17.7. The standard InChI is InChI=1S/C20H29N7O3/c1-24-18-17(19(28)25(2)20(24)29)27(14-21-18)12-7-4-8-15-22-16(30-23-15)9-13-26-10-5-3-6-11-26/h14H,3-13H2,1-2H3. The molecule has 3 aromatic heterocycles. The second kappa shape index (κ2) is 8.95. The highest BCUT2D eigenvalue weighted by Gasteiger charge is 2.15. The fraction of sp³-hybridized carbons (Fsp3) is 0.650. The van der Waals surface area contributed by atoms with Crippen molar-refractivity contribution in [2.75, 3.05) is 19.6 Å². The zero-order chi connectivity index (χ0) is 21.1. The average molecular weight is 415 g/mol. The van der Waals surface area contributed by atoms with Crippen molar-refractivity contribution >= 4 is 11.2 Å². The van der Waals surface area contributed by atoms with Gasteiger partial charge in [0, 0.05) is 40.0 Å². The van der Waals surface area contributed by atoms with Gasteiger partial charge in [-0.2, -0.15) is 4.98 Å². The molecule has 0 N–H and O–H groups in total. The summed E-state index contributed by atoms with van der Waals surface area (Å²) in [4.78, 5) is 35.7. The van der Waals surface area contributed by atoms with E-state index in [1.807, 2.05) is 4.57 Å². The van der Waals surface area contributed by atoms with Crippen molar-refractivity contribution < 1.29 is 4.52 Å². The normalized spacial score (nSPS) is 15.3. The van der Waals surface area contributed by atoms with Crippen molar-refractivity contribution in [1.82, 2.24) is 33.7 Å². The first-order valence-electron chi connectivity index (χ1n) is 10.7. The third-order valence-corrected chi connectivity index (χ3v) is 5.87. The SMILES string of the molecule is Cn1c(=O)c2c(ncn2CCCCc2noc(CCN3CCCCC3)n2)n(C)c1=O. The van der Waals surface area contributed by atoms with E-state index in [9.17, 15) is 9.59 Å². The van der Waals surface area contributed by atoms with Crippen LogP contribution in [0.2, 0.25) is 0 Å². The predicted molar refractivity (Wildman–Crippen MR) is 111 cm³/mol. The number of likely N-dealkylation sites (tertiary alicyclic amines) is 1. The number of hydrogen-bond donors (Lipinski definition) is 0. The van der Waals surface area contributed by atoms with Gasteiger partial charge in [0.25, 0.3) is 5.56 Å². The van der Waals surface area contributed by atoms with Crippen LogP contribution in [0.4, 0.5) is 0 Å². The summed E-state index contributed by atoms with van der Waals surface area (Å²) in [5.41, 5.74) is 0.187. The van der Waals surface area contributed by atoms with Gasteiger partial charge in [-0.1, -0.05) is 11.6 Å². The van der Waals surface area contributed by atoms with Crippen LogP contribution in [0.5, 0.6) is 0 Å². The number of aromatic nitrogens is 6. The van der Waals surface area contributed by atoms with Gasteiger partial charge in [0.2, 0.25) is 5.89 Å². The fourth-order valence-electron chi connectivity index (χ4n) is 4.06. The minimum absolute atomic E-state index is 0.317. The Morgan fingerprint density at radius 2 is 1.80 bits per heavy atom. The molecule has 0 spiro atoms. The molecule has 1 saturated heterocycles. The van der Waals surface area contributed by atoms with E-state index in [-0.39, 0.29) is 11.2 Å². The molecule has 0 unspecified atom stereocenters. The molecule has 10 heteroatoms. The highest BCUT2D eigenvalue weighted by atomic mass is 16.5. The third-order valence-electron chi connectivity index (χ3n) is 5.87. The number of unbranched alkanes of at least 4 members (excludes halogenated alkanes) is 1. The van der Waals surface area contributed by atoms with Gasteiger partial charge in [-0.25, -0.2) is 9.78 Å². The molecule has 0 atom stereocenters. The van der Waals surface area contributed by atoms with E-state index < -0.39 is 0 Å². The van der Waals surface area contributed by atoms with Crippen LogP contribution in [0.15, 0.2) is 20.4 Å². The monoisotopic (exact) mass is 415 g/mol. The lowest BCUT2D eigenvalue weighted by molar-refractivity contribution is 0.223. The Labute approximate surface area is 174 Å². The van der Waals surface area contributed by atoms with Gasteiger partial charge in [-0.15, -0.1) is 0 Å². The van der Waals surface area contributed by atoms with E-state index in [1.54, 1.807) is 13.4 Å². The molecule has 0 aromatic carbocycles. The van der Waals surface area contributed by atoms with Crippen LogP contribution in [-0.4, -0.2) is 53.4 Å². The van der Waals surface area contributed by atoms with E-state index in [4.69, 9.17) is 4.52 Å². The number of fused-ring (bicyclic) bond motifs is 1. The average Bonchev–Trinajstić information content (AvgIpc) is 3.40. The van der Waals surface area contributed by atoms with E-state index in [0.29, 0.717) is 23.6 Å². The van der Waals surface area contributed by atoms with Crippen LogP contribution < -0.4 is 11.2 Å². The molecule has 3 aromatic rings. The van der Waals surface area contributed by atoms with Gasteiger partial charge >= 0.3 is 5.69 Å². The Balaban J connectivity index is 1.29. The van der Waals surface area contributed by atoms with Crippen LogP contribution in [0, 0.1) is 0 Å². The fourth-order valence-corrected chi connectivity index (χ4v) is 4.06. The minimum atomic E-state index is -0.369. The topological polar surface area (TPSA) is 104 Å². The number of nitrogens with zero attached hydrogens (tertiary/aromatic N) is 7. The maximum atomic E-state index is 12.5. The van der Waals surface area contributed by atoms with Gasteiger partial charge in [0.05, 0.1) is 6.33 Å². The number of rotatable bonds is 8. The minimum Gasteiger partial charge on any atom is -0.339 e. The van der Waals surface area contributed by atoms with Crippen molar-refractivity contribution in [3.63, 3.8) is 0 Å².